The Kier molecular flexibility index (Phi) is 4.65. The fourth-order valence-electron chi connectivity index (χ4n) is 1.26. The van der Waals surface area contributed by atoms with Crippen LogP contribution in [0.5, 0.6) is 0 Å². The number of aliphatic imine (C=N–C) groups is 1. The molecule has 0 saturated heterocycles. The van der Waals surface area contributed by atoms with Crippen molar-refractivity contribution < 1.29 is 0 Å². The van der Waals surface area contributed by atoms with Crippen molar-refractivity contribution in [2.45, 2.75) is 27.2 Å². The number of amidine groups is 1. The molecule has 1 aromatic rings. The van der Waals surface area contributed by atoms with Gasteiger partial charge in [0, 0.05) is 24.5 Å². The predicted octanol–water partition coefficient (Wildman–Crippen LogP) is 2.34. The minimum absolute atomic E-state index is 0.246. The van der Waals surface area contributed by atoms with Crippen LogP contribution in [0, 0.1) is 16.9 Å². The quantitative estimate of drug-likeness (QED) is 0.375. The maximum atomic E-state index is 8.69. The fraction of sp³-hybridized carbons (Fsp3) is 0.462. The average Bonchev–Trinajstić information content (AvgIpc) is 2.27. The van der Waals surface area contributed by atoms with Gasteiger partial charge in [0.05, 0.1) is 0 Å². The zero-order valence-electron chi connectivity index (χ0n) is 10.6. The van der Waals surface area contributed by atoms with Crippen molar-refractivity contribution in [1.82, 2.24) is 10.3 Å². The van der Waals surface area contributed by atoms with E-state index in [1.165, 1.54) is 0 Å². The van der Waals surface area contributed by atoms with E-state index in [1.807, 2.05) is 18.3 Å². The second-order valence-electron chi connectivity index (χ2n) is 5.02. The van der Waals surface area contributed by atoms with Gasteiger partial charge in [0.2, 0.25) is 0 Å². The number of aromatic nitrogens is 1. The maximum absolute atomic E-state index is 8.69. The van der Waals surface area contributed by atoms with Crippen molar-refractivity contribution in [3.05, 3.63) is 30.1 Å². The van der Waals surface area contributed by atoms with Gasteiger partial charge in [0.1, 0.15) is 5.84 Å². The van der Waals surface area contributed by atoms with E-state index in [9.17, 15) is 0 Å². The summed E-state index contributed by atoms with van der Waals surface area (Å²) < 4.78 is 0. The lowest BCUT2D eigenvalue weighted by Crippen LogP contribution is -2.20. The lowest BCUT2D eigenvalue weighted by atomic mass is 9.92. The van der Waals surface area contributed by atoms with E-state index in [0.717, 1.165) is 12.0 Å². The monoisotopic (exact) mass is 230 g/mol. The van der Waals surface area contributed by atoms with Crippen molar-refractivity contribution in [2.24, 2.45) is 10.4 Å². The third-order valence-electron chi connectivity index (χ3n) is 2.24. The van der Waals surface area contributed by atoms with Gasteiger partial charge in [0.25, 0.3) is 0 Å². The van der Waals surface area contributed by atoms with Crippen molar-refractivity contribution >= 4 is 5.84 Å². The summed E-state index contributed by atoms with van der Waals surface area (Å²) in [6.45, 7) is 7.21. The molecule has 90 valence electrons. The molecule has 0 saturated carbocycles. The summed E-state index contributed by atoms with van der Waals surface area (Å²) in [6, 6.07) is 3.71. The molecule has 0 fully saturated rings. The van der Waals surface area contributed by atoms with Crippen molar-refractivity contribution in [2.75, 3.05) is 6.54 Å². The van der Waals surface area contributed by atoms with Gasteiger partial charge in [-0.05, 0) is 24.0 Å². The van der Waals surface area contributed by atoms with Gasteiger partial charge >= 0.3 is 0 Å². The maximum Gasteiger partial charge on any atom is 0.182 e. The highest BCUT2D eigenvalue weighted by Gasteiger charge is 2.09. The first-order chi connectivity index (χ1) is 8.03. The highest BCUT2D eigenvalue weighted by molar-refractivity contribution is 5.99. The van der Waals surface area contributed by atoms with Gasteiger partial charge in [-0.1, -0.05) is 20.8 Å². The first-order valence-corrected chi connectivity index (χ1v) is 5.63. The van der Waals surface area contributed by atoms with Gasteiger partial charge in [-0.15, -0.1) is 0 Å². The molecule has 1 rings (SSSR count). The molecule has 1 N–H and O–H groups in total. The van der Waals surface area contributed by atoms with Crippen LogP contribution < -0.4 is 5.32 Å². The van der Waals surface area contributed by atoms with Gasteiger partial charge in [0.15, 0.2) is 6.19 Å². The van der Waals surface area contributed by atoms with Gasteiger partial charge in [-0.2, -0.15) is 5.26 Å². The molecule has 0 spiro atoms. The number of nitrogens with zero attached hydrogens (tertiary/aromatic N) is 3. The molecular weight excluding hydrogens is 212 g/mol. The molecule has 0 unspecified atom stereocenters. The highest BCUT2D eigenvalue weighted by Crippen LogP contribution is 2.18. The lowest BCUT2D eigenvalue weighted by Gasteiger charge is -2.16. The van der Waals surface area contributed by atoms with Crippen LogP contribution in [0.3, 0.4) is 0 Å². The zero-order chi connectivity index (χ0) is 12.7. The van der Waals surface area contributed by atoms with Crippen LogP contribution in [0.4, 0.5) is 0 Å². The van der Waals surface area contributed by atoms with Crippen LogP contribution in [0.15, 0.2) is 29.5 Å². The molecule has 0 radical (unpaired) electrons. The summed E-state index contributed by atoms with van der Waals surface area (Å²) in [5.41, 5.74) is 1.08. The van der Waals surface area contributed by atoms with Crippen LogP contribution in [0.1, 0.15) is 32.8 Å². The summed E-state index contributed by atoms with van der Waals surface area (Å²) >= 11 is 0. The summed E-state index contributed by atoms with van der Waals surface area (Å²) in [4.78, 5) is 8.43. The molecule has 4 nitrogen and oxygen atoms in total. The molecule has 0 aromatic carbocycles. The number of hydrogen-bond donors (Lipinski definition) is 1. The van der Waals surface area contributed by atoms with E-state index in [-0.39, 0.29) is 5.41 Å². The van der Waals surface area contributed by atoms with Gasteiger partial charge in [-0.3, -0.25) is 15.3 Å². The van der Waals surface area contributed by atoms with E-state index in [4.69, 9.17) is 5.26 Å². The average molecular weight is 230 g/mol. The highest BCUT2D eigenvalue weighted by atomic mass is 15.0. The molecule has 17 heavy (non-hydrogen) atoms. The molecule has 0 bridgehead atoms. The van der Waals surface area contributed by atoms with Crippen molar-refractivity contribution in [3.8, 4) is 6.19 Å². The summed E-state index contributed by atoms with van der Waals surface area (Å²) in [7, 11) is 0. The molecule has 0 aliphatic carbocycles. The number of nitrogens with one attached hydrogen (secondary N) is 1. The normalized spacial score (nSPS) is 12.0. The minimum Gasteiger partial charge on any atom is -0.277 e. The van der Waals surface area contributed by atoms with Crippen LogP contribution >= 0.6 is 0 Å². The Balaban J connectivity index is 2.74. The number of pyridine rings is 1. The van der Waals surface area contributed by atoms with Crippen LogP contribution in [0.2, 0.25) is 0 Å². The third kappa shape index (κ3) is 5.12. The SMILES string of the molecule is CC(C)(C)CC/N=C(\NC#N)c1cccnc1. The topological polar surface area (TPSA) is 61.1 Å². The Morgan fingerprint density at radius 3 is 2.82 bits per heavy atom. The molecular formula is C13H18N4. The summed E-state index contributed by atoms with van der Waals surface area (Å²) in [5, 5.41) is 11.3. The Bertz CT molecular complexity index is 409. The number of nitriles is 1. The minimum atomic E-state index is 0.246. The molecule has 0 aliphatic rings. The first kappa shape index (κ1) is 13.2. The second-order valence-corrected chi connectivity index (χ2v) is 5.02. The largest absolute Gasteiger partial charge is 0.277 e. The Hall–Kier alpha value is -1.89. The Labute approximate surface area is 102 Å². The number of rotatable bonds is 3. The van der Waals surface area contributed by atoms with Crippen molar-refractivity contribution in [3.63, 3.8) is 0 Å². The van der Waals surface area contributed by atoms with E-state index in [1.54, 1.807) is 12.4 Å². The molecule has 0 atom stereocenters. The van der Waals surface area contributed by atoms with Crippen LogP contribution in [-0.2, 0) is 0 Å². The van der Waals surface area contributed by atoms with Crippen LogP contribution in [-0.4, -0.2) is 17.4 Å². The zero-order valence-corrected chi connectivity index (χ0v) is 10.6. The third-order valence-corrected chi connectivity index (χ3v) is 2.24. The van der Waals surface area contributed by atoms with Crippen LogP contribution in [0.25, 0.3) is 0 Å². The molecule has 1 heterocycles. The Morgan fingerprint density at radius 2 is 2.29 bits per heavy atom. The lowest BCUT2D eigenvalue weighted by molar-refractivity contribution is 0.385. The second kappa shape index (κ2) is 6.00. The van der Waals surface area contributed by atoms with Crippen molar-refractivity contribution in [1.29, 1.82) is 5.26 Å². The van der Waals surface area contributed by atoms with E-state index in [0.29, 0.717) is 12.4 Å². The van der Waals surface area contributed by atoms with E-state index >= 15 is 0 Å². The first-order valence-electron chi connectivity index (χ1n) is 5.63. The molecule has 0 aliphatic heterocycles. The molecule has 1 aromatic heterocycles. The molecule has 0 amide bonds. The Morgan fingerprint density at radius 1 is 1.53 bits per heavy atom. The predicted molar refractivity (Wildman–Crippen MR) is 68.5 cm³/mol. The van der Waals surface area contributed by atoms with E-state index < -0.39 is 0 Å². The standard InChI is InChI=1S/C13H18N4/c1-13(2,3)6-8-16-12(17-10-14)11-5-4-7-15-9-11/h4-5,7,9H,6,8H2,1-3H3,(H,16,17). The van der Waals surface area contributed by atoms with Gasteiger partial charge in [-0.25, -0.2) is 0 Å². The summed E-state index contributed by atoms with van der Waals surface area (Å²) in [5.74, 6) is 0.588. The summed E-state index contributed by atoms with van der Waals surface area (Å²) in [6.07, 6.45) is 6.27. The van der Waals surface area contributed by atoms with Gasteiger partial charge < -0.3 is 0 Å². The number of hydrogen-bond acceptors (Lipinski definition) is 3. The van der Waals surface area contributed by atoms with E-state index in [2.05, 4.69) is 36.1 Å². The molecule has 4 heteroatoms. The fourth-order valence-corrected chi connectivity index (χ4v) is 1.26. The smallest absolute Gasteiger partial charge is 0.182 e.